The Morgan fingerprint density at radius 3 is 1.50 bits per heavy atom. The van der Waals surface area contributed by atoms with Crippen molar-refractivity contribution in [2.75, 3.05) is 0 Å². The number of hydrogen-bond donors (Lipinski definition) is 0. The zero-order valence-electron chi connectivity index (χ0n) is 12.3. The summed E-state index contributed by atoms with van der Waals surface area (Å²) in [5, 5.41) is 0. The molecule has 0 bridgehead atoms. The molecule has 142 valence electrons. The summed E-state index contributed by atoms with van der Waals surface area (Å²) in [4.78, 5) is -1.06. The molecule has 0 spiro atoms. The monoisotopic (exact) mass is 418 g/mol. The maximum absolute atomic E-state index is 12.5. The molecule has 0 aliphatic rings. The summed E-state index contributed by atoms with van der Waals surface area (Å²) in [6.07, 6.45) is -9.31. The third-order valence-electron chi connectivity index (χ3n) is 3.00. The summed E-state index contributed by atoms with van der Waals surface area (Å²) < 4.78 is 115. The van der Waals surface area contributed by atoms with Crippen LogP contribution in [-0.2, 0) is 37.2 Å². The molecule has 0 radical (unpaired) electrons. The molecule has 1 atom stereocenters. The molecule has 2 aromatic carbocycles. The van der Waals surface area contributed by atoms with Crippen LogP contribution in [0.25, 0.3) is 0 Å². The molecule has 0 aliphatic carbocycles. The molecule has 1 unspecified atom stereocenters. The summed E-state index contributed by atoms with van der Waals surface area (Å²) >= 11 is -2.69. The third kappa shape index (κ3) is 4.83. The van der Waals surface area contributed by atoms with Crippen LogP contribution in [0.1, 0.15) is 11.1 Å². The molecule has 0 aliphatic heterocycles. The Labute approximate surface area is 146 Å². The van der Waals surface area contributed by atoms with E-state index < -0.39 is 49.6 Å². The van der Waals surface area contributed by atoms with Gasteiger partial charge in [0.05, 0.1) is 20.9 Å². The summed E-state index contributed by atoms with van der Waals surface area (Å²) in [7, 11) is -4.70. The minimum Gasteiger partial charge on any atom is -0.223 e. The van der Waals surface area contributed by atoms with E-state index in [0.29, 0.717) is 36.4 Å². The average Bonchev–Trinajstić information content (AvgIpc) is 2.53. The number of halogens is 6. The quantitative estimate of drug-likeness (QED) is 0.700. The lowest BCUT2D eigenvalue weighted by Crippen LogP contribution is -2.11. The average molecular weight is 418 g/mol. The highest BCUT2D eigenvalue weighted by molar-refractivity contribution is 7.97. The van der Waals surface area contributed by atoms with E-state index in [1.807, 2.05) is 0 Å². The second-order valence-corrected chi connectivity index (χ2v) is 7.67. The number of hydrogen-bond acceptors (Lipinski definition) is 4. The van der Waals surface area contributed by atoms with E-state index in [9.17, 15) is 39.0 Å². The molecule has 12 heteroatoms. The zero-order valence-corrected chi connectivity index (χ0v) is 14.0. The molecule has 4 nitrogen and oxygen atoms in total. The van der Waals surface area contributed by atoms with Crippen molar-refractivity contribution in [3.8, 4) is 0 Å². The fraction of sp³-hybridized carbons (Fsp3) is 0.143. The Morgan fingerprint density at radius 1 is 0.731 bits per heavy atom. The van der Waals surface area contributed by atoms with Gasteiger partial charge in [-0.05, 0) is 48.5 Å². The standard InChI is InChI=1S/C14H8F6O4S2/c15-13(16,17)9-1-5-11(6-2-9)25(21)24-26(22,23)12-7-3-10(4-8-12)14(18,19)20/h1-8H. The molecule has 26 heavy (non-hydrogen) atoms. The SMILES string of the molecule is O=S(OS(=O)(=O)c1ccc(C(F)(F)F)cc1)c1ccc(C(F)(F)F)cc1. The van der Waals surface area contributed by atoms with E-state index in [1.165, 1.54) is 0 Å². The highest BCUT2D eigenvalue weighted by atomic mass is 32.3. The summed E-state index contributed by atoms with van der Waals surface area (Å²) in [5.74, 6) is 0. The molecule has 0 saturated carbocycles. The summed E-state index contributed by atoms with van der Waals surface area (Å²) in [5.41, 5.74) is -2.14. The van der Waals surface area contributed by atoms with E-state index in [1.54, 1.807) is 0 Å². The van der Waals surface area contributed by atoms with Crippen LogP contribution in [0.3, 0.4) is 0 Å². The van der Waals surface area contributed by atoms with E-state index >= 15 is 0 Å². The van der Waals surface area contributed by atoms with Crippen LogP contribution in [0.4, 0.5) is 26.3 Å². The van der Waals surface area contributed by atoms with Crippen LogP contribution < -0.4 is 0 Å². The zero-order chi connectivity index (χ0) is 19.8. The first-order valence-electron chi connectivity index (χ1n) is 6.52. The number of benzene rings is 2. The van der Waals surface area contributed by atoms with Crippen LogP contribution in [0.5, 0.6) is 0 Å². The van der Waals surface area contributed by atoms with E-state index in [2.05, 4.69) is 3.63 Å². The van der Waals surface area contributed by atoms with Gasteiger partial charge in [0, 0.05) is 0 Å². The van der Waals surface area contributed by atoms with Gasteiger partial charge < -0.3 is 0 Å². The Bertz CT molecular complexity index is 900. The maximum atomic E-state index is 12.5. The van der Waals surface area contributed by atoms with Gasteiger partial charge in [0.15, 0.2) is 0 Å². The lowest BCUT2D eigenvalue weighted by Gasteiger charge is -2.09. The van der Waals surface area contributed by atoms with Crippen LogP contribution >= 0.6 is 0 Å². The molecular formula is C14H8F6O4S2. The van der Waals surface area contributed by atoms with Gasteiger partial charge in [0.2, 0.25) is 11.1 Å². The Balaban J connectivity index is 2.19. The fourth-order valence-electron chi connectivity index (χ4n) is 1.73. The smallest absolute Gasteiger partial charge is 0.223 e. The Hall–Kier alpha value is -1.92. The van der Waals surface area contributed by atoms with Crippen molar-refractivity contribution < 1.29 is 42.6 Å². The van der Waals surface area contributed by atoms with Gasteiger partial charge >= 0.3 is 22.5 Å². The highest BCUT2D eigenvalue weighted by Crippen LogP contribution is 2.31. The van der Waals surface area contributed by atoms with Gasteiger partial charge in [-0.2, -0.15) is 38.4 Å². The van der Waals surface area contributed by atoms with Gasteiger partial charge in [-0.3, -0.25) is 0 Å². The van der Waals surface area contributed by atoms with Gasteiger partial charge in [-0.1, -0.05) is 0 Å². The van der Waals surface area contributed by atoms with Gasteiger partial charge in [-0.15, -0.1) is 0 Å². The van der Waals surface area contributed by atoms with Crippen molar-refractivity contribution in [3.63, 3.8) is 0 Å². The largest absolute Gasteiger partial charge is 0.416 e. The van der Waals surface area contributed by atoms with E-state index in [0.717, 1.165) is 12.1 Å². The van der Waals surface area contributed by atoms with E-state index in [4.69, 9.17) is 0 Å². The first-order chi connectivity index (χ1) is 11.8. The molecule has 0 amide bonds. The van der Waals surface area contributed by atoms with Crippen molar-refractivity contribution in [3.05, 3.63) is 59.7 Å². The lowest BCUT2D eigenvalue weighted by atomic mass is 10.2. The highest BCUT2D eigenvalue weighted by Gasteiger charge is 2.32. The molecule has 2 rings (SSSR count). The minimum atomic E-state index is -4.70. The summed E-state index contributed by atoms with van der Waals surface area (Å²) in [6, 6.07) is 4.92. The normalized spacial score (nSPS) is 14.2. The lowest BCUT2D eigenvalue weighted by molar-refractivity contribution is -0.138. The molecule has 0 fully saturated rings. The predicted molar refractivity (Wildman–Crippen MR) is 77.6 cm³/mol. The van der Waals surface area contributed by atoms with Crippen molar-refractivity contribution in [1.82, 2.24) is 0 Å². The molecular weight excluding hydrogens is 410 g/mol. The number of alkyl halides is 6. The van der Waals surface area contributed by atoms with Gasteiger partial charge in [-0.25, -0.2) is 4.21 Å². The number of rotatable bonds is 4. The van der Waals surface area contributed by atoms with Gasteiger partial charge in [0.25, 0.3) is 0 Å². The van der Waals surface area contributed by atoms with Crippen molar-refractivity contribution in [2.24, 2.45) is 0 Å². The first-order valence-corrected chi connectivity index (χ1v) is 9.00. The van der Waals surface area contributed by atoms with Crippen LogP contribution in [0, 0.1) is 0 Å². The maximum Gasteiger partial charge on any atom is 0.416 e. The Morgan fingerprint density at radius 2 is 1.12 bits per heavy atom. The third-order valence-corrected chi connectivity index (χ3v) is 5.71. The predicted octanol–water partition coefficient (Wildman–Crippen LogP) is 4.15. The molecule has 0 N–H and O–H groups in total. The Kier molecular flexibility index (Phi) is 5.49. The molecule has 0 aromatic heterocycles. The summed E-state index contributed by atoms with van der Waals surface area (Å²) in [6.45, 7) is 0. The van der Waals surface area contributed by atoms with Crippen LogP contribution in [0.2, 0.25) is 0 Å². The van der Waals surface area contributed by atoms with Crippen molar-refractivity contribution in [2.45, 2.75) is 22.1 Å². The van der Waals surface area contributed by atoms with Gasteiger partial charge in [0.1, 0.15) is 0 Å². The second kappa shape index (κ2) is 7.00. The second-order valence-electron chi connectivity index (χ2n) is 4.80. The van der Waals surface area contributed by atoms with Crippen molar-refractivity contribution in [1.29, 1.82) is 0 Å². The van der Waals surface area contributed by atoms with E-state index in [-0.39, 0.29) is 4.90 Å². The molecule has 0 saturated heterocycles. The fourth-order valence-corrected chi connectivity index (χ4v) is 3.83. The van der Waals surface area contributed by atoms with Crippen LogP contribution in [0.15, 0.2) is 58.3 Å². The van der Waals surface area contributed by atoms with Crippen LogP contribution in [-0.4, -0.2) is 12.6 Å². The first kappa shape index (κ1) is 20.4. The topological polar surface area (TPSA) is 60.4 Å². The van der Waals surface area contributed by atoms with Crippen molar-refractivity contribution >= 4 is 21.2 Å². The molecule has 2 aromatic rings. The minimum absolute atomic E-state index is 0.367. The molecule has 0 heterocycles.